The molecule has 3 N–H and O–H groups in total. The summed E-state index contributed by atoms with van der Waals surface area (Å²) in [6, 6.07) is 7.58. The Labute approximate surface area is 216 Å². The Morgan fingerprint density at radius 1 is 1.31 bits per heavy atom. The molecule has 0 unspecified atom stereocenters. The average molecular weight is 510 g/mol. The van der Waals surface area contributed by atoms with Crippen LogP contribution in [0.25, 0.3) is 10.1 Å². The molecule has 9 heteroatoms. The van der Waals surface area contributed by atoms with E-state index in [2.05, 4.69) is 32.7 Å². The second-order valence-electron chi connectivity index (χ2n) is 9.70. The summed E-state index contributed by atoms with van der Waals surface area (Å²) in [5.74, 6) is 0.806. The van der Waals surface area contributed by atoms with Crippen molar-refractivity contribution in [2.75, 3.05) is 43.4 Å². The van der Waals surface area contributed by atoms with Crippen LogP contribution in [-0.4, -0.2) is 70.9 Å². The second kappa shape index (κ2) is 12.0. The number of hydrogen-bond acceptors (Lipinski definition) is 8. The van der Waals surface area contributed by atoms with E-state index >= 15 is 0 Å². The third-order valence-electron chi connectivity index (χ3n) is 7.07. The van der Waals surface area contributed by atoms with Gasteiger partial charge in [-0.1, -0.05) is 6.07 Å². The van der Waals surface area contributed by atoms with Gasteiger partial charge in [0.15, 0.2) is 0 Å². The molecule has 0 bridgehead atoms. The largest absolute Gasteiger partial charge is 0.480 e. The van der Waals surface area contributed by atoms with Gasteiger partial charge in [0, 0.05) is 48.1 Å². The van der Waals surface area contributed by atoms with E-state index in [0.29, 0.717) is 18.8 Å². The summed E-state index contributed by atoms with van der Waals surface area (Å²) in [5, 5.41) is 19.2. The Hall–Kier alpha value is -2.75. The lowest BCUT2D eigenvalue weighted by atomic mass is 10.1. The number of hydrogen-bond donors (Lipinski definition) is 3. The quantitative estimate of drug-likeness (QED) is 0.349. The van der Waals surface area contributed by atoms with Crippen LogP contribution in [-0.2, 0) is 22.4 Å². The number of rotatable bonds is 11. The molecular weight excluding hydrogens is 474 g/mol. The van der Waals surface area contributed by atoms with E-state index in [-0.39, 0.29) is 6.10 Å². The molecule has 36 heavy (non-hydrogen) atoms. The average Bonchev–Trinajstić information content (AvgIpc) is 3.38. The molecule has 1 fully saturated rings. The van der Waals surface area contributed by atoms with Gasteiger partial charge in [-0.15, -0.1) is 11.3 Å². The van der Waals surface area contributed by atoms with Crippen molar-refractivity contribution in [1.29, 1.82) is 0 Å². The SMILES string of the molecule is O=C(O)[C@H](CCO[C@@H]1CCCN(CCCc2ccc3c(n2)NCCC3)C1)Nc1nccc2sccc12. The number of likely N-dealkylation sites (tertiary alicyclic amines) is 1. The van der Waals surface area contributed by atoms with Crippen LogP contribution in [0.1, 0.15) is 43.4 Å². The van der Waals surface area contributed by atoms with E-state index in [0.717, 1.165) is 79.9 Å². The van der Waals surface area contributed by atoms with E-state index < -0.39 is 12.0 Å². The number of nitrogens with zero attached hydrogens (tertiary/aromatic N) is 3. The molecular formula is C27H35N5O3S. The smallest absolute Gasteiger partial charge is 0.326 e. The fraction of sp³-hybridized carbons (Fsp3) is 0.519. The van der Waals surface area contributed by atoms with Crippen molar-refractivity contribution >= 4 is 39.0 Å². The molecule has 8 nitrogen and oxygen atoms in total. The Kier molecular flexibility index (Phi) is 8.30. The highest BCUT2D eigenvalue weighted by Crippen LogP contribution is 2.26. The predicted molar refractivity (Wildman–Crippen MR) is 144 cm³/mol. The van der Waals surface area contributed by atoms with E-state index in [1.54, 1.807) is 17.5 Å². The van der Waals surface area contributed by atoms with Crippen LogP contribution < -0.4 is 10.6 Å². The fourth-order valence-electron chi connectivity index (χ4n) is 5.13. The first-order valence-corrected chi connectivity index (χ1v) is 13.9. The van der Waals surface area contributed by atoms with Crippen molar-refractivity contribution in [3.8, 4) is 0 Å². The molecule has 2 atom stereocenters. The van der Waals surface area contributed by atoms with Crippen molar-refractivity contribution in [2.24, 2.45) is 0 Å². The maximum Gasteiger partial charge on any atom is 0.326 e. The van der Waals surface area contributed by atoms with Gasteiger partial charge in [0.1, 0.15) is 17.7 Å². The zero-order chi connectivity index (χ0) is 24.7. The normalized spacial score (nSPS) is 18.9. The lowest BCUT2D eigenvalue weighted by Crippen LogP contribution is -2.41. The highest BCUT2D eigenvalue weighted by atomic mass is 32.1. The van der Waals surface area contributed by atoms with Crippen LogP contribution in [0.5, 0.6) is 0 Å². The van der Waals surface area contributed by atoms with Crippen LogP contribution in [0.15, 0.2) is 35.8 Å². The number of carboxylic acid groups (broad SMARTS) is 1. The van der Waals surface area contributed by atoms with Gasteiger partial charge in [0.05, 0.1) is 6.10 Å². The molecule has 3 aromatic rings. The van der Waals surface area contributed by atoms with E-state index in [4.69, 9.17) is 9.72 Å². The first-order valence-electron chi connectivity index (χ1n) is 13.0. The molecule has 2 aliphatic rings. The minimum atomic E-state index is -0.885. The predicted octanol–water partition coefficient (Wildman–Crippen LogP) is 4.42. The van der Waals surface area contributed by atoms with Crippen molar-refractivity contribution in [3.05, 3.63) is 47.1 Å². The van der Waals surface area contributed by atoms with Crippen LogP contribution in [0.3, 0.4) is 0 Å². The Bertz CT molecular complexity index is 1170. The zero-order valence-electron chi connectivity index (χ0n) is 20.6. The molecule has 5 rings (SSSR count). The summed E-state index contributed by atoms with van der Waals surface area (Å²) >= 11 is 1.62. The molecule has 0 spiro atoms. The number of carboxylic acids is 1. The maximum atomic E-state index is 11.9. The van der Waals surface area contributed by atoms with Crippen LogP contribution in [0, 0.1) is 0 Å². The number of aryl methyl sites for hydroxylation is 2. The van der Waals surface area contributed by atoms with Gasteiger partial charge >= 0.3 is 5.97 Å². The number of aromatic nitrogens is 2. The minimum absolute atomic E-state index is 0.151. The summed E-state index contributed by atoms with van der Waals surface area (Å²) in [6.45, 7) is 4.45. The summed E-state index contributed by atoms with van der Waals surface area (Å²) in [7, 11) is 0. The molecule has 0 amide bonds. The Balaban J connectivity index is 1.05. The number of fused-ring (bicyclic) bond motifs is 2. The monoisotopic (exact) mass is 509 g/mol. The van der Waals surface area contributed by atoms with Gasteiger partial charge in [-0.05, 0) is 80.8 Å². The second-order valence-corrected chi connectivity index (χ2v) is 10.6. The van der Waals surface area contributed by atoms with E-state index in [9.17, 15) is 9.90 Å². The lowest BCUT2D eigenvalue weighted by Gasteiger charge is -2.32. The summed E-state index contributed by atoms with van der Waals surface area (Å²) in [4.78, 5) is 23.5. The highest BCUT2D eigenvalue weighted by molar-refractivity contribution is 7.17. The minimum Gasteiger partial charge on any atom is -0.480 e. The summed E-state index contributed by atoms with van der Waals surface area (Å²) in [6.07, 6.45) is 8.75. The Morgan fingerprint density at radius 2 is 2.25 bits per heavy atom. The van der Waals surface area contributed by atoms with Crippen molar-refractivity contribution < 1.29 is 14.6 Å². The standard InChI is InChI=1S/C27H35N5O3S/c33-27(34)23(31-26-22-11-17-36-24(22)9-13-29-26)10-16-35-21-6-3-15-32(18-21)14-2-5-20-8-7-19-4-1-12-28-25(19)30-20/h7-9,11,13,17,21,23H,1-6,10,12,14-16,18H2,(H,28,30)(H,29,31)(H,33,34)/t21-,23+/m1/s1. The van der Waals surface area contributed by atoms with Crippen molar-refractivity contribution in [3.63, 3.8) is 0 Å². The molecule has 1 saturated heterocycles. The molecule has 192 valence electrons. The number of pyridine rings is 2. The molecule has 5 heterocycles. The van der Waals surface area contributed by atoms with Gasteiger partial charge in [-0.25, -0.2) is 14.8 Å². The number of carbonyl (C=O) groups is 1. The third-order valence-corrected chi connectivity index (χ3v) is 7.95. The van der Waals surface area contributed by atoms with E-state index in [1.807, 2.05) is 17.5 Å². The number of thiophene rings is 1. The molecule has 0 aromatic carbocycles. The van der Waals surface area contributed by atoms with E-state index in [1.165, 1.54) is 12.0 Å². The molecule has 2 aliphatic heterocycles. The molecule has 0 saturated carbocycles. The number of aliphatic carboxylic acids is 1. The summed E-state index contributed by atoms with van der Waals surface area (Å²) in [5.41, 5.74) is 2.49. The number of anilines is 2. The van der Waals surface area contributed by atoms with Gasteiger partial charge < -0.3 is 25.4 Å². The van der Waals surface area contributed by atoms with Crippen molar-refractivity contribution in [2.45, 2.75) is 57.1 Å². The lowest BCUT2D eigenvalue weighted by molar-refractivity contribution is -0.138. The molecule has 3 aromatic heterocycles. The number of ether oxygens (including phenoxy) is 1. The summed E-state index contributed by atoms with van der Waals surface area (Å²) < 4.78 is 7.24. The first kappa shape index (κ1) is 24.9. The third kappa shape index (κ3) is 6.32. The van der Waals surface area contributed by atoms with Gasteiger partial charge in [0.2, 0.25) is 0 Å². The maximum absolute atomic E-state index is 11.9. The van der Waals surface area contributed by atoms with Crippen LogP contribution in [0.4, 0.5) is 11.6 Å². The van der Waals surface area contributed by atoms with Crippen LogP contribution >= 0.6 is 11.3 Å². The van der Waals surface area contributed by atoms with Gasteiger partial charge in [0.25, 0.3) is 0 Å². The zero-order valence-corrected chi connectivity index (χ0v) is 21.4. The molecule has 0 radical (unpaired) electrons. The number of piperidine rings is 1. The first-order chi connectivity index (χ1) is 17.7. The fourth-order valence-corrected chi connectivity index (χ4v) is 5.91. The number of nitrogens with one attached hydrogen (secondary N) is 2. The molecule has 0 aliphatic carbocycles. The Morgan fingerprint density at radius 3 is 3.17 bits per heavy atom. The van der Waals surface area contributed by atoms with Crippen molar-refractivity contribution in [1.82, 2.24) is 14.9 Å². The van der Waals surface area contributed by atoms with Crippen LogP contribution in [0.2, 0.25) is 0 Å². The topological polar surface area (TPSA) is 99.6 Å². The van der Waals surface area contributed by atoms with Gasteiger partial charge in [-0.3, -0.25) is 0 Å². The highest BCUT2D eigenvalue weighted by Gasteiger charge is 2.23. The van der Waals surface area contributed by atoms with Gasteiger partial charge in [-0.2, -0.15) is 0 Å².